The van der Waals surface area contributed by atoms with Gasteiger partial charge in [-0.25, -0.2) is 4.98 Å². The van der Waals surface area contributed by atoms with Gasteiger partial charge in [0.25, 0.3) is 0 Å². The molecular formula is C16H22N4. The van der Waals surface area contributed by atoms with Gasteiger partial charge in [-0.1, -0.05) is 12.8 Å². The van der Waals surface area contributed by atoms with Crippen molar-refractivity contribution in [2.45, 2.75) is 51.6 Å². The first-order valence-corrected chi connectivity index (χ1v) is 7.50. The number of rotatable bonds is 5. The topological polar surface area (TPSA) is 42.7 Å². The second-order valence-electron chi connectivity index (χ2n) is 5.63. The van der Waals surface area contributed by atoms with Crippen LogP contribution >= 0.6 is 0 Å². The van der Waals surface area contributed by atoms with Crippen LogP contribution < -0.4 is 5.32 Å². The number of nitrogens with one attached hydrogen (secondary N) is 1. The predicted octanol–water partition coefficient (Wildman–Crippen LogP) is 3.18. The molecule has 0 atom stereocenters. The van der Waals surface area contributed by atoms with Crippen LogP contribution in [0.3, 0.4) is 0 Å². The Morgan fingerprint density at radius 3 is 2.75 bits per heavy atom. The van der Waals surface area contributed by atoms with Gasteiger partial charge >= 0.3 is 0 Å². The smallest absolute Gasteiger partial charge is 0.203 e. The number of aromatic nitrogens is 3. The molecule has 2 aromatic heterocycles. The van der Waals surface area contributed by atoms with E-state index >= 15 is 0 Å². The van der Waals surface area contributed by atoms with Crippen LogP contribution in [0.1, 0.15) is 36.9 Å². The van der Waals surface area contributed by atoms with Gasteiger partial charge in [0.2, 0.25) is 5.95 Å². The molecule has 0 radical (unpaired) electrons. The third kappa shape index (κ3) is 3.18. The van der Waals surface area contributed by atoms with Crippen molar-refractivity contribution in [1.29, 1.82) is 0 Å². The van der Waals surface area contributed by atoms with Gasteiger partial charge in [0.15, 0.2) is 0 Å². The highest BCUT2D eigenvalue weighted by Gasteiger charge is 2.17. The molecule has 0 unspecified atom stereocenters. The first kappa shape index (κ1) is 13.2. The lowest BCUT2D eigenvalue weighted by Gasteiger charge is -2.14. The van der Waals surface area contributed by atoms with Crippen LogP contribution in [-0.4, -0.2) is 20.6 Å². The normalized spacial score (nSPS) is 15.7. The second-order valence-corrected chi connectivity index (χ2v) is 5.63. The van der Waals surface area contributed by atoms with Crippen molar-refractivity contribution in [1.82, 2.24) is 14.5 Å². The largest absolute Gasteiger partial charge is 0.353 e. The minimum Gasteiger partial charge on any atom is -0.353 e. The van der Waals surface area contributed by atoms with Crippen LogP contribution in [0.2, 0.25) is 0 Å². The van der Waals surface area contributed by atoms with Crippen molar-refractivity contribution in [3.05, 3.63) is 42.0 Å². The molecule has 1 aliphatic carbocycles. The van der Waals surface area contributed by atoms with Crippen LogP contribution in [0.15, 0.2) is 30.7 Å². The van der Waals surface area contributed by atoms with Crippen LogP contribution in [0.5, 0.6) is 0 Å². The molecular weight excluding hydrogens is 248 g/mol. The number of imidazole rings is 1. The third-order valence-electron chi connectivity index (χ3n) is 3.98. The van der Waals surface area contributed by atoms with Crippen LogP contribution in [0.25, 0.3) is 0 Å². The maximum Gasteiger partial charge on any atom is 0.203 e. The van der Waals surface area contributed by atoms with Crippen molar-refractivity contribution < 1.29 is 0 Å². The van der Waals surface area contributed by atoms with Crippen molar-refractivity contribution in [3.63, 3.8) is 0 Å². The van der Waals surface area contributed by atoms with Crippen molar-refractivity contribution in [3.8, 4) is 0 Å². The summed E-state index contributed by atoms with van der Waals surface area (Å²) in [5.41, 5.74) is 2.40. The number of nitrogens with zero attached hydrogens (tertiary/aromatic N) is 3. The van der Waals surface area contributed by atoms with Gasteiger partial charge in [-0.3, -0.25) is 4.98 Å². The van der Waals surface area contributed by atoms with Crippen molar-refractivity contribution in [2.24, 2.45) is 0 Å². The maximum absolute atomic E-state index is 4.63. The van der Waals surface area contributed by atoms with Crippen molar-refractivity contribution in [2.75, 3.05) is 5.32 Å². The maximum atomic E-state index is 4.63. The van der Waals surface area contributed by atoms with Crippen LogP contribution in [-0.2, 0) is 13.0 Å². The molecule has 0 aliphatic heterocycles. The van der Waals surface area contributed by atoms with E-state index in [0.29, 0.717) is 6.04 Å². The van der Waals surface area contributed by atoms with E-state index in [1.165, 1.54) is 31.2 Å². The molecule has 0 saturated heterocycles. The Hall–Kier alpha value is -1.84. The number of hydrogen-bond donors (Lipinski definition) is 1. The summed E-state index contributed by atoms with van der Waals surface area (Å²) in [6, 6.07) is 4.76. The molecule has 4 nitrogen and oxygen atoms in total. The molecule has 20 heavy (non-hydrogen) atoms. The summed E-state index contributed by atoms with van der Waals surface area (Å²) in [6.45, 7) is 3.02. The fourth-order valence-corrected chi connectivity index (χ4v) is 2.88. The Bertz CT molecular complexity index is 541. The van der Waals surface area contributed by atoms with E-state index in [1.807, 2.05) is 12.4 Å². The second kappa shape index (κ2) is 6.07. The van der Waals surface area contributed by atoms with E-state index in [0.717, 1.165) is 24.6 Å². The summed E-state index contributed by atoms with van der Waals surface area (Å²) in [6.07, 6.45) is 12.1. The molecule has 2 heterocycles. The molecule has 4 heteroatoms. The molecule has 0 aromatic carbocycles. The van der Waals surface area contributed by atoms with Gasteiger partial charge in [0.05, 0.1) is 5.69 Å². The highest BCUT2D eigenvalue weighted by atomic mass is 15.2. The van der Waals surface area contributed by atoms with E-state index in [2.05, 4.69) is 45.1 Å². The molecule has 1 fully saturated rings. The van der Waals surface area contributed by atoms with Gasteiger partial charge in [0, 0.05) is 31.2 Å². The number of aryl methyl sites for hydroxylation is 3. The zero-order chi connectivity index (χ0) is 13.8. The molecule has 0 bridgehead atoms. The summed E-state index contributed by atoms with van der Waals surface area (Å²) in [7, 11) is 0. The average molecular weight is 270 g/mol. The summed E-state index contributed by atoms with van der Waals surface area (Å²) in [4.78, 5) is 8.68. The van der Waals surface area contributed by atoms with Crippen LogP contribution in [0.4, 0.5) is 5.95 Å². The van der Waals surface area contributed by atoms with Gasteiger partial charge < -0.3 is 9.88 Å². The first-order chi connectivity index (χ1) is 9.81. The molecule has 106 valence electrons. The number of hydrogen-bond acceptors (Lipinski definition) is 3. The van der Waals surface area contributed by atoms with E-state index in [4.69, 9.17) is 0 Å². The van der Waals surface area contributed by atoms with E-state index in [9.17, 15) is 0 Å². The Labute approximate surface area is 120 Å². The Kier molecular flexibility index (Phi) is 4.00. The molecule has 3 rings (SSSR count). The number of anilines is 1. The minimum absolute atomic E-state index is 0.608. The fraction of sp³-hybridized carbons (Fsp3) is 0.500. The monoisotopic (exact) mass is 270 g/mol. The first-order valence-electron chi connectivity index (χ1n) is 7.50. The summed E-state index contributed by atoms with van der Waals surface area (Å²) in [5.74, 6) is 1.03. The van der Waals surface area contributed by atoms with E-state index in [1.54, 1.807) is 0 Å². The molecule has 0 spiro atoms. The lowest BCUT2D eigenvalue weighted by atomic mass is 10.2. The lowest BCUT2D eigenvalue weighted by molar-refractivity contribution is 0.673. The van der Waals surface area contributed by atoms with Gasteiger partial charge in [-0.2, -0.15) is 0 Å². The van der Waals surface area contributed by atoms with Crippen molar-refractivity contribution >= 4 is 5.95 Å². The van der Waals surface area contributed by atoms with Gasteiger partial charge in [-0.05, 0) is 43.9 Å². The highest BCUT2D eigenvalue weighted by molar-refractivity contribution is 5.30. The van der Waals surface area contributed by atoms with Crippen LogP contribution in [0, 0.1) is 6.92 Å². The minimum atomic E-state index is 0.608. The highest BCUT2D eigenvalue weighted by Crippen LogP contribution is 2.22. The average Bonchev–Trinajstić information content (AvgIpc) is 3.08. The molecule has 1 N–H and O–H groups in total. The summed E-state index contributed by atoms with van der Waals surface area (Å²) < 4.78 is 2.24. The molecule has 2 aromatic rings. The lowest BCUT2D eigenvalue weighted by Crippen LogP contribution is -2.18. The molecule has 1 saturated carbocycles. The Balaban J connectivity index is 1.66. The van der Waals surface area contributed by atoms with E-state index in [-0.39, 0.29) is 0 Å². The Morgan fingerprint density at radius 2 is 2.00 bits per heavy atom. The standard InChI is InChI=1S/C16H22N4/c1-13-12-20(11-8-14-6-9-17-10-7-14)16(18-13)19-15-4-2-3-5-15/h6-7,9-10,12,15H,2-5,8,11H2,1H3,(H,18,19). The Morgan fingerprint density at radius 1 is 1.25 bits per heavy atom. The van der Waals surface area contributed by atoms with E-state index < -0.39 is 0 Å². The zero-order valence-corrected chi connectivity index (χ0v) is 12.0. The SMILES string of the molecule is Cc1cn(CCc2ccncc2)c(NC2CCCC2)n1. The summed E-state index contributed by atoms with van der Waals surface area (Å²) in [5, 5.41) is 3.61. The molecule has 0 amide bonds. The third-order valence-corrected chi connectivity index (χ3v) is 3.98. The zero-order valence-electron chi connectivity index (χ0n) is 12.0. The van der Waals surface area contributed by atoms with Gasteiger partial charge in [-0.15, -0.1) is 0 Å². The van der Waals surface area contributed by atoms with Gasteiger partial charge in [0.1, 0.15) is 0 Å². The molecule has 1 aliphatic rings. The quantitative estimate of drug-likeness (QED) is 0.907. The fourth-order valence-electron chi connectivity index (χ4n) is 2.88. The number of pyridine rings is 1. The predicted molar refractivity (Wildman–Crippen MR) is 80.8 cm³/mol. The summed E-state index contributed by atoms with van der Waals surface area (Å²) >= 11 is 0.